The predicted molar refractivity (Wildman–Crippen MR) is 64.2 cm³/mol. The summed E-state index contributed by atoms with van der Waals surface area (Å²) in [7, 11) is 1.61. The van der Waals surface area contributed by atoms with Crippen LogP contribution in [0.25, 0.3) is 10.9 Å². The van der Waals surface area contributed by atoms with Crippen molar-refractivity contribution in [3.63, 3.8) is 0 Å². The van der Waals surface area contributed by atoms with Gasteiger partial charge in [0.05, 0.1) is 7.11 Å². The molecule has 90 valence electrons. The van der Waals surface area contributed by atoms with Crippen molar-refractivity contribution >= 4 is 16.9 Å². The largest absolute Gasteiger partial charge is 0.497 e. The van der Waals surface area contributed by atoms with E-state index in [2.05, 4.69) is 4.98 Å². The Morgan fingerprint density at radius 2 is 2.29 bits per heavy atom. The molecule has 0 radical (unpaired) electrons. The van der Waals surface area contributed by atoms with Crippen LogP contribution in [-0.2, 0) is 11.2 Å². The number of rotatable bonds is 4. The van der Waals surface area contributed by atoms with E-state index in [0.717, 1.165) is 22.3 Å². The molecule has 1 aromatic heterocycles. The van der Waals surface area contributed by atoms with Crippen molar-refractivity contribution in [3.05, 3.63) is 30.0 Å². The molecule has 0 saturated heterocycles. The number of aromatic amines is 1. The van der Waals surface area contributed by atoms with Crippen molar-refractivity contribution in [2.24, 2.45) is 5.73 Å². The highest BCUT2D eigenvalue weighted by Crippen LogP contribution is 2.21. The number of hydrogen-bond acceptors (Lipinski definition) is 3. The number of methoxy groups -OCH3 is 1. The van der Waals surface area contributed by atoms with Gasteiger partial charge in [-0.3, -0.25) is 4.79 Å². The standard InChI is InChI=1S/C12H14N2O3/c1-17-9-2-3-11-7(5-9)4-8(14-11)6-10(13)12(15)16/h2-5,10,14H,6,13H2,1H3,(H,15,16)/t10-/m1/s1. The Morgan fingerprint density at radius 3 is 2.94 bits per heavy atom. The van der Waals surface area contributed by atoms with Crippen molar-refractivity contribution in [2.75, 3.05) is 7.11 Å². The van der Waals surface area contributed by atoms with E-state index in [1.54, 1.807) is 7.11 Å². The van der Waals surface area contributed by atoms with Crippen LogP contribution in [0.3, 0.4) is 0 Å². The fraction of sp³-hybridized carbons (Fsp3) is 0.250. The van der Waals surface area contributed by atoms with Crippen LogP contribution in [0.15, 0.2) is 24.3 Å². The lowest BCUT2D eigenvalue weighted by Crippen LogP contribution is -2.32. The minimum Gasteiger partial charge on any atom is -0.497 e. The monoisotopic (exact) mass is 234 g/mol. The number of carbonyl (C=O) groups is 1. The number of carboxylic acids is 1. The quantitative estimate of drug-likeness (QED) is 0.740. The zero-order valence-corrected chi connectivity index (χ0v) is 9.43. The van der Waals surface area contributed by atoms with Gasteiger partial charge in [0.2, 0.25) is 0 Å². The Bertz CT molecular complexity index is 548. The third-order valence-electron chi connectivity index (χ3n) is 2.64. The maximum atomic E-state index is 10.7. The molecule has 5 nitrogen and oxygen atoms in total. The molecule has 5 heteroatoms. The van der Waals surface area contributed by atoms with E-state index in [-0.39, 0.29) is 6.42 Å². The molecule has 17 heavy (non-hydrogen) atoms. The molecular weight excluding hydrogens is 220 g/mol. The molecular formula is C12H14N2O3. The fourth-order valence-electron chi connectivity index (χ4n) is 1.73. The van der Waals surface area contributed by atoms with Crippen LogP contribution in [-0.4, -0.2) is 29.2 Å². The van der Waals surface area contributed by atoms with Gasteiger partial charge in [0.1, 0.15) is 11.8 Å². The summed E-state index contributed by atoms with van der Waals surface area (Å²) in [5, 5.41) is 9.72. The topological polar surface area (TPSA) is 88.3 Å². The summed E-state index contributed by atoms with van der Waals surface area (Å²) in [6, 6.07) is 6.64. The van der Waals surface area contributed by atoms with Gasteiger partial charge >= 0.3 is 5.97 Å². The molecule has 4 N–H and O–H groups in total. The minimum atomic E-state index is -0.999. The molecule has 0 spiro atoms. The lowest BCUT2D eigenvalue weighted by Gasteiger charge is -2.02. The van der Waals surface area contributed by atoms with Gasteiger partial charge in [0.25, 0.3) is 0 Å². The van der Waals surface area contributed by atoms with Crippen LogP contribution in [0.2, 0.25) is 0 Å². The van der Waals surface area contributed by atoms with Crippen LogP contribution >= 0.6 is 0 Å². The van der Waals surface area contributed by atoms with Crippen molar-refractivity contribution in [1.29, 1.82) is 0 Å². The highest BCUT2D eigenvalue weighted by molar-refractivity contribution is 5.82. The second kappa shape index (κ2) is 4.47. The Balaban J connectivity index is 2.28. The molecule has 1 heterocycles. The Labute approximate surface area is 98.2 Å². The summed E-state index contributed by atoms with van der Waals surface area (Å²) in [4.78, 5) is 13.8. The first kappa shape index (κ1) is 11.5. The fourth-order valence-corrected chi connectivity index (χ4v) is 1.73. The second-order valence-electron chi connectivity index (χ2n) is 3.90. The lowest BCUT2D eigenvalue weighted by molar-refractivity contribution is -0.138. The molecule has 0 unspecified atom stereocenters. The first-order chi connectivity index (χ1) is 8.10. The van der Waals surface area contributed by atoms with Gasteiger partial charge in [-0.2, -0.15) is 0 Å². The van der Waals surface area contributed by atoms with Crippen molar-refractivity contribution in [1.82, 2.24) is 4.98 Å². The molecule has 0 fully saturated rings. The zero-order valence-electron chi connectivity index (χ0n) is 9.43. The minimum absolute atomic E-state index is 0.284. The van der Waals surface area contributed by atoms with Crippen LogP contribution in [0.1, 0.15) is 5.69 Å². The number of nitrogens with two attached hydrogens (primary N) is 1. The number of H-pyrrole nitrogens is 1. The number of fused-ring (bicyclic) bond motifs is 1. The molecule has 0 bridgehead atoms. The summed E-state index contributed by atoms with van der Waals surface area (Å²) in [5.74, 6) is -0.230. The van der Waals surface area contributed by atoms with Crippen LogP contribution in [0.4, 0.5) is 0 Å². The molecule has 0 amide bonds. The summed E-state index contributed by atoms with van der Waals surface area (Å²) in [6.07, 6.45) is 0.284. The van der Waals surface area contributed by atoms with Gasteiger partial charge in [0, 0.05) is 23.0 Å². The SMILES string of the molecule is COc1ccc2[nH]c(C[C@@H](N)C(=O)O)cc2c1. The van der Waals surface area contributed by atoms with Gasteiger partial charge < -0.3 is 20.6 Å². The van der Waals surface area contributed by atoms with E-state index in [9.17, 15) is 4.79 Å². The van der Waals surface area contributed by atoms with E-state index in [1.165, 1.54) is 0 Å². The van der Waals surface area contributed by atoms with E-state index in [1.807, 2.05) is 24.3 Å². The van der Waals surface area contributed by atoms with E-state index >= 15 is 0 Å². The number of nitrogens with one attached hydrogen (secondary N) is 1. The van der Waals surface area contributed by atoms with Crippen LogP contribution < -0.4 is 10.5 Å². The van der Waals surface area contributed by atoms with Gasteiger partial charge in [-0.15, -0.1) is 0 Å². The van der Waals surface area contributed by atoms with Crippen molar-refractivity contribution in [3.8, 4) is 5.75 Å². The second-order valence-corrected chi connectivity index (χ2v) is 3.90. The third-order valence-corrected chi connectivity index (χ3v) is 2.64. The number of hydrogen-bond donors (Lipinski definition) is 3. The predicted octanol–water partition coefficient (Wildman–Crippen LogP) is 1.13. The molecule has 0 aliphatic rings. The zero-order chi connectivity index (χ0) is 12.4. The van der Waals surface area contributed by atoms with Gasteiger partial charge in [0.15, 0.2) is 0 Å². The van der Waals surface area contributed by atoms with E-state index in [0.29, 0.717) is 0 Å². The summed E-state index contributed by atoms with van der Waals surface area (Å²) in [6.45, 7) is 0. The summed E-state index contributed by atoms with van der Waals surface area (Å²) < 4.78 is 5.12. The molecule has 1 aromatic carbocycles. The third kappa shape index (κ3) is 2.39. The number of aromatic nitrogens is 1. The van der Waals surface area contributed by atoms with Gasteiger partial charge in [-0.25, -0.2) is 0 Å². The molecule has 0 saturated carbocycles. The Morgan fingerprint density at radius 1 is 1.53 bits per heavy atom. The molecule has 0 aliphatic carbocycles. The van der Waals surface area contributed by atoms with Crippen molar-refractivity contribution < 1.29 is 14.6 Å². The highest BCUT2D eigenvalue weighted by Gasteiger charge is 2.13. The van der Waals surface area contributed by atoms with Crippen molar-refractivity contribution in [2.45, 2.75) is 12.5 Å². The molecule has 1 atom stereocenters. The van der Waals surface area contributed by atoms with E-state index in [4.69, 9.17) is 15.6 Å². The Hall–Kier alpha value is -2.01. The number of carboxylic acid groups (broad SMARTS) is 1. The highest BCUT2D eigenvalue weighted by atomic mass is 16.5. The normalized spacial score (nSPS) is 12.6. The number of ether oxygens (including phenoxy) is 1. The Kier molecular flexibility index (Phi) is 3.01. The maximum absolute atomic E-state index is 10.7. The summed E-state index contributed by atoms with van der Waals surface area (Å²) >= 11 is 0. The first-order valence-corrected chi connectivity index (χ1v) is 5.24. The molecule has 2 rings (SSSR count). The van der Waals surface area contributed by atoms with Gasteiger partial charge in [-0.1, -0.05) is 0 Å². The summed E-state index contributed by atoms with van der Waals surface area (Å²) in [5.41, 5.74) is 7.23. The van der Waals surface area contributed by atoms with Gasteiger partial charge in [-0.05, 0) is 24.3 Å². The van der Waals surface area contributed by atoms with Crippen LogP contribution in [0, 0.1) is 0 Å². The first-order valence-electron chi connectivity index (χ1n) is 5.24. The number of aliphatic carboxylic acids is 1. The lowest BCUT2D eigenvalue weighted by atomic mass is 10.1. The number of benzene rings is 1. The molecule has 0 aliphatic heterocycles. The van der Waals surface area contributed by atoms with E-state index < -0.39 is 12.0 Å². The average molecular weight is 234 g/mol. The van der Waals surface area contributed by atoms with Crippen LogP contribution in [0.5, 0.6) is 5.75 Å². The average Bonchev–Trinajstić information content (AvgIpc) is 2.69. The molecule has 2 aromatic rings. The maximum Gasteiger partial charge on any atom is 0.320 e. The smallest absolute Gasteiger partial charge is 0.320 e.